The van der Waals surface area contributed by atoms with Crippen LogP contribution in [0.25, 0.3) is 0 Å². The summed E-state index contributed by atoms with van der Waals surface area (Å²) in [6, 6.07) is 10.3. The van der Waals surface area contributed by atoms with Gasteiger partial charge in [0.15, 0.2) is 5.82 Å². The van der Waals surface area contributed by atoms with Crippen LogP contribution in [-0.4, -0.2) is 22.9 Å². The second-order valence-corrected chi connectivity index (χ2v) is 6.84. The van der Waals surface area contributed by atoms with Crippen molar-refractivity contribution < 1.29 is 9.26 Å². The van der Waals surface area contributed by atoms with Crippen LogP contribution < -0.4 is 5.73 Å². The summed E-state index contributed by atoms with van der Waals surface area (Å²) in [6.45, 7) is 6.90. The van der Waals surface area contributed by atoms with Gasteiger partial charge in [-0.3, -0.25) is 0 Å². The highest BCUT2D eigenvalue weighted by atomic mass is 16.5. The topological polar surface area (TPSA) is 74.2 Å². The largest absolute Gasteiger partial charge is 0.378 e. The molecule has 1 heterocycles. The normalized spacial score (nSPS) is 26.0. The van der Waals surface area contributed by atoms with Crippen LogP contribution >= 0.6 is 0 Å². The van der Waals surface area contributed by atoms with Gasteiger partial charge < -0.3 is 15.0 Å². The number of aryl methyl sites for hydroxylation is 2. The van der Waals surface area contributed by atoms with Gasteiger partial charge >= 0.3 is 0 Å². The zero-order chi connectivity index (χ0) is 16.5. The first-order valence-electron chi connectivity index (χ1n) is 8.25. The van der Waals surface area contributed by atoms with E-state index < -0.39 is 5.54 Å². The van der Waals surface area contributed by atoms with E-state index in [9.17, 15) is 0 Å². The highest BCUT2D eigenvalue weighted by Crippen LogP contribution is 2.55. The second-order valence-electron chi connectivity index (χ2n) is 6.84. The van der Waals surface area contributed by atoms with E-state index in [-0.39, 0.29) is 11.5 Å². The summed E-state index contributed by atoms with van der Waals surface area (Å²) < 4.78 is 11.2. The molecule has 23 heavy (non-hydrogen) atoms. The molecule has 0 radical (unpaired) electrons. The minimum atomic E-state index is -0.606. The highest BCUT2D eigenvalue weighted by Gasteiger charge is 2.62. The summed E-state index contributed by atoms with van der Waals surface area (Å²) in [6.07, 6.45) is 2.49. The van der Waals surface area contributed by atoms with Crippen molar-refractivity contribution in [1.29, 1.82) is 0 Å². The van der Waals surface area contributed by atoms with E-state index >= 15 is 0 Å². The fourth-order valence-corrected chi connectivity index (χ4v) is 3.24. The number of aromatic nitrogens is 2. The molecular weight excluding hydrogens is 290 g/mol. The van der Waals surface area contributed by atoms with Crippen molar-refractivity contribution in [3.05, 3.63) is 47.6 Å². The Bertz CT molecular complexity index is 653. The number of hydrogen-bond acceptors (Lipinski definition) is 5. The van der Waals surface area contributed by atoms with Crippen LogP contribution in [0.5, 0.6) is 0 Å². The van der Waals surface area contributed by atoms with Gasteiger partial charge in [-0.2, -0.15) is 4.98 Å². The quantitative estimate of drug-likeness (QED) is 0.887. The fourth-order valence-electron chi connectivity index (χ4n) is 3.24. The van der Waals surface area contributed by atoms with Crippen molar-refractivity contribution in [2.45, 2.75) is 51.7 Å². The molecule has 5 heteroatoms. The third-order valence-corrected chi connectivity index (χ3v) is 5.16. The van der Waals surface area contributed by atoms with Crippen LogP contribution in [0.15, 0.2) is 34.9 Å². The fraction of sp³-hybridized carbons (Fsp3) is 0.556. The summed E-state index contributed by atoms with van der Waals surface area (Å²) in [5, 5.41) is 4.11. The third-order valence-electron chi connectivity index (χ3n) is 5.16. The predicted octanol–water partition coefficient (Wildman–Crippen LogP) is 2.84. The second kappa shape index (κ2) is 6.06. The van der Waals surface area contributed by atoms with Crippen molar-refractivity contribution >= 4 is 0 Å². The molecule has 1 aromatic carbocycles. The van der Waals surface area contributed by atoms with Gasteiger partial charge in [-0.1, -0.05) is 49.3 Å². The van der Waals surface area contributed by atoms with E-state index in [0.717, 1.165) is 12.8 Å². The number of nitrogens with two attached hydrogens (primary N) is 1. The maximum Gasteiger partial charge on any atom is 0.247 e. The summed E-state index contributed by atoms with van der Waals surface area (Å²) in [5.74, 6) is 1.24. The van der Waals surface area contributed by atoms with E-state index in [0.29, 0.717) is 24.7 Å². The van der Waals surface area contributed by atoms with Crippen molar-refractivity contribution in [1.82, 2.24) is 10.1 Å². The summed E-state index contributed by atoms with van der Waals surface area (Å²) in [5.41, 5.74) is 7.01. The molecule has 124 valence electrons. The van der Waals surface area contributed by atoms with Gasteiger partial charge in [0, 0.05) is 24.9 Å². The molecule has 0 amide bonds. The molecule has 2 unspecified atom stereocenters. The summed E-state index contributed by atoms with van der Waals surface area (Å²) in [7, 11) is 0. The molecule has 2 atom stereocenters. The first-order chi connectivity index (χ1) is 11.0. The van der Waals surface area contributed by atoms with Gasteiger partial charge in [0.25, 0.3) is 0 Å². The van der Waals surface area contributed by atoms with Crippen LogP contribution in [0.2, 0.25) is 0 Å². The zero-order valence-corrected chi connectivity index (χ0v) is 14.1. The van der Waals surface area contributed by atoms with E-state index in [2.05, 4.69) is 36.1 Å². The molecule has 1 aliphatic carbocycles. The monoisotopic (exact) mass is 315 g/mol. The Morgan fingerprint density at radius 1 is 1.26 bits per heavy atom. The Balaban J connectivity index is 1.67. The lowest BCUT2D eigenvalue weighted by molar-refractivity contribution is -0.162. The molecule has 1 aliphatic rings. The lowest BCUT2D eigenvalue weighted by atomic mass is 9.54. The maximum absolute atomic E-state index is 6.57. The molecule has 3 rings (SSSR count). The average Bonchev–Trinajstić information content (AvgIpc) is 3.03. The van der Waals surface area contributed by atoms with E-state index in [1.165, 1.54) is 5.56 Å². The molecule has 0 aliphatic heterocycles. The number of ether oxygens (including phenoxy) is 1. The summed E-state index contributed by atoms with van der Waals surface area (Å²) >= 11 is 0. The lowest BCUT2D eigenvalue weighted by Gasteiger charge is -2.56. The zero-order valence-electron chi connectivity index (χ0n) is 14.1. The van der Waals surface area contributed by atoms with Gasteiger partial charge in [0.1, 0.15) is 5.54 Å². The van der Waals surface area contributed by atoms with Gasteiger partial charge in [0.2, 0.25) is 5.89 Å². The molecule has 0 spiro atoms. The molecule has 2 N–H and O–H groups in total. The predicted molar refractivity (Wildman–Crippen MR) is 87.8 cm³/mol. The standard InChI is InChI=1S/C18H25N3O2/c1-4-22-14-12-18(19,17(14,2)3)16-20-15(21-23-16)11-10-13-8-6-5-7-9-13/h5-9,14H,4,10-12,19H2,1-3H3. The highest BCUT2D eigenvalue weighted by molar-refractivity contribution is 5.21. The van der Waals surface area contributed by atoms with Crippen LogP contribution in [0.4, 0.5) is 0 Å². The molecule has 1 aromatic heterocycles. The van der Waals surface area contributed by atoms with Crippen LogP contribution in [0.3, 0.4) is 0 Å². The van der Waals surface area contributed by atoms with E-state index in [4.69, 9.17) is 15.0 Å². The minimum Gasteiger partial charge on any atom is -0.378 e. The first-order valence-corrected chi connectivity index (χ1v) is 8.25. The van der Waals surface area contributed by atoms with E-state index in [1.807, 2.05) is 25.1 Å². The Hall–Kier alpha value is -1.72. The molecule has 1 fully saturated rings. The Morgan fingerprint density at radius 2 is 2.00 bits per heavy atom. The number of hydrogen-bond donors (Lipinski definition) is 1. The maximum atomic E-state index is 6.57. The molecule has 0 bridgehead atoms. The van der Waals surface area contributed by atoms with Crippen molar-refractivity contribution in [3.8, 4) is 0 Å². The number of rotatable bonds is 6. The molecule has 5 nitrogen and oxygen atoms in total. The first kappa shape index (κ1) is 16.1. The third kappa shape index (κ3) is 2.79. The van der Waals surface area contributed by atoms with Crippen molar-refractivity contribution in [2.75, 3.05) is 6.61 Å². The average molecular weight is 315 g/mol. The van der Waals surface area contributed by atoms with Gasteiger partial charge in [-0.15, -0.1) is 0 Å². The molecule has 1 saturated carbocycles. The van der Waals surface area contributed by atoms with Gasteiger partial charge in [-0.05, 0) is 18.9 Å². The van der Waals surface area contributed by atoms with Crippen molar-refractivity contribution in [3.63, 3.8) is 0 Å². The smallest absolute Gasteiger partial charge is 0.247 e. The number of benzene rings is 1. The Morgan fingerprint density at radius 3 is 2.65 bits per heavy atom. The Kier molecular flexibility index (Phi) is 4.25. The van der Waals surface area contributed by atoms with Crippen LogP contribution in [0.1, 0.15) is 44.5 Å². The van der Waals surface area contributed by atoms with Gasteiger partial charge in [0.05, 0.1) is 6.10 Å². The van der Waals surface area contributed by atoms with E-state index in [1.54, 1.807) is 0 Å². The summed E-state index contributed by atoms with van der Waals surface area (Å²) in [4.78, 5) is 4.55. The van der Waals surface area contributed by atoms with Gasteiger partial charge in [-0.25, -0.2) is 0 Å². The minimum absolute atomic E-state index is 0.136. The molecule has 0 saturated heterocycles. The SMILES string of the molecule is CCOC1CC(N)(c2nc(CCc3ccccc3)no2)C1(C)C. The molecule has 2 aromatic rings. The Labute approximate surface area is 137 Å². The molecular formula is C18H25N3O2. The van der Waals surface area contributed by atoms with Crippen LogP contribution in [-0.2, 0) is 23.1 Å². The lowest BCUT2D eigenvalue weighted by Crippen LogP contribution is -2.67. The van der Waals surface area contributed by atoms with Crippen LogP contribution in [0, 0.1) is 5.41 Å². The van der Waals surface area contributed by atoms with Crippen molar-refractivity contribution in [2.24, 2.45) is 11.1 Å². The number of nitrogens with zero attached hydrogens (tertiary/aromatic N) is 2.